The number of amides is 1. The second kappa shape index (κ2) is 9.47. The Morgan fingerprint density at radius 1 is 1.24 bits per heavy atom. The Morgan fingerprint density at radius 2 is 2.12 bits per heavy atom. The molecule has 7 heteroatoms. The fourth-order valence-electron chi connectivity index (χ4n) is 4.74. The molecule has 0 aliphatic carbocycles. The number of oxazole rings is 1. The molecule has 1 aliphatic heterocycles. The van der Waals surface area contributed by atoms with Crippen LogP contribution in [-0.2, 0) is 0 Å². The first-order chi connectivity index (χ1) is 16.5. The molecule has 0 saturated carbocycles. The molecule has 0 spiro atoms. The van der Waals surface area contributed by atoms with Gasteiger partial charge in [-0.1, -0.05) is 42.3 Å². The fraction of sp³-hybridized carbons (Fsp3) is 0.296. The molecule has 4 aromatic rings. The van der Waals surface area contributed by atoms with Gasteiger partial charge in [-0.2, -0.15) is 4.98 Å². The van der Waals surface area contributed by atoms with Crippen molar-refractivity contribution >= 4 is 34.6 Å². The lowest BCUT2D eigenvalue weighted by molar-refractivity contribution is 0.0540. The summed E-state index contributed by atoms with van der Waals surface area (Å²) in [6.45, 7) is 5.50. The maximum absolute atomic E-state index is 13.9. The van der Waals surface area contributed by atoms with Gasteiger partial charge >= 0.3 is 0 Å². The summed E-state index contributed by atoms with van der Waals surface area (Å²) in [5, 5.41) is 3.94. The Hall–Kier alpha value is -3.38. The number of rotatable bonds is 5. The minimum atomic E-state index is 0.0158. The van der Waals surface area contributed by atoms with Crippen molar-refractivity contribution in [2.75, 3.05) is 18.4 Å². The number of aromatic nitrogens is 2. The summed E-state index contributed by atoms with van der Waals surface area (Å²) in [5.74, 6) is 0.390. The van der Waals surface area contributed by atoms with Gasteiger partial charge in [-0.3, -0.25) is 9.78 Å². The van der Waals surface area contributed by atoms with Crippen LogP contribution < -0.4 is 5.32 Å². The van der Waals surface area contributed by atoms with Gasteiger partial charge in [0.05, 0.1) is 6.04 Å². The number of benzene rings is 2. The molecule has 6 nitrogen and oxygen atoms in total. The Kier molecular flexibility index (Phi) is 6.24. The van der Waals surface area contributed by atoms with Crippen LogP contribution >= 0.6 is 11.6 Å². The third-order valence-corrected chi connectivity index (χ3v) is 6.80. The van der Waals surface area contributed by atoms with Crippen LogP contribution in [0.3, 0.4) is 0 Å². The highest BCUT2D eigenvalue weighted by Crippen LogP contribution is 2.30. The van der Waals surface area contributed by atoms with Crippen LogP contribution in [0.4, 0.5) is 6.01 Å². The lowest BCUT2D eigenvalue weighted by atomic mass is 9.89. The highest BCUT2D eigenvalue weighted by atomic mass is 35.5. The van der Waals surface area contributed by atoms with Crippen molar-refractivity contribution in [3.63, 3.8) is 0 Å². The number of carbonyl (C=O) groups is 1. The standard InChI is InChI=1S/C27H27ClN4O2/c1-17-7-9-21(19-6-3-11-29-15-19)22(13-17)26(33)32-12-4-5-18(2)24(32)16-30-27-31-23-14-20(28)8-10-25(23)34-27/h3,6-11,13-15,18,24H,4-5,12,16H2,1-2H3,(H,30,31)/t18?,24-/m1/s1. The van der Waals surface area contributed by atoms with Crippen LogP contribution in [0.2, 0.25) is 5.02 Å². The van der Waals surface area contributed by atoms with Gasteiger partial charge in [-0.15, -0.1) is 0 Å². The molecule has 1 aliphatic rings. The van der Waals surface area contributed by atoms with E-state index in [0.717, 1.165) is 36.1 Å². The van der Waals surface area contributed by atoms with E-state index in [1.807, 2.05) is 48.2 Å². The molecule has 3 heterocycles. The van der Waals surface area contributed by atoms with Crippen molar-refractivity contribution < 1.29 is 9.21 Å². The number of halogens is 1. The molecule has 1 N–H and O–H groups in total. The topological polar surface area (TPSA) is 71.3 Å². The van der Waals surface area contributed by atoms with Crippen LogP contribution in [0.15, 0.2) is 65.3 Å². The highest BCUT2D eigenvalue weighted by molar-refractivity contribution is 6.31. The van der Waals surface area contributed by atoms with Crippen LogP contribution in [0, 0.1) is 12.8 Å². The molecule has 2 aromatic heterocycles. The summed E-state index contributed by atoms with van der Waals surface area (Å²) in [5.41, 5.74) is 5.00. The first-order valence-corrected chi connectivity index (χ1v) is 12.0. The summed E-state index contributed by atoms with van der Waals surface area (Å²) in [7, 11) is 0. The Balaban J connectivity index is 1.41. The molecular formula is C27H27ClN4O2. The van der Waals surface area contributed by atoms with Gasteiger partial charge in [0.1, 0.15) is 5.52 Å². The zero-order valence-electron chi connectivity index (χ0n) is 19.3. The second-order valence-corrected chi connectivity index (χ2v) is 9.42. The molecule has 0 radical (unpaired) electrons. The summed E-state index contributed by atoms with van der Waals surface area (Å²) in [4.78, 5) is 24.7. The molecule has 1 saturated heterocycles. The van der Waals surface area contributed by atoms with Crippen molar-refractivity contribution in [1.29, 1.82) is 0 Å². The average Bonchev–Trinajstić information content (AvgIpc) is 3.25. The predicted molar refractivity (Wildman–Crippen MR) is 135 cm³/mol. The van der Waals surface area contributed by atoms with E-state index in [4.69, 9.17) is 16.0 Å². The van der Waals surface area contributed by atoms with Crippen LogP contribution in [0.25, 0.3) is 22.2 Å². The van der Waals surface area contributed by atoms with Crippen LogP contribution in [0.5, 0.6) is 0 Å². The number of likely N-dealkylation sites (tertiary alicyclic amines) is 1. The van der Waals surface area contributed by atoms with Crippen molar-refractivity contribution in [2.45, 2.75) is 32.7 Å². The van der Waals surface area contributed by atoms with Gasteiger partial charge in [-0.25, -0.2) is 0 Å². The highest BCUT2D eigenvalue weighted by Gasteiger charge is 2.33. The molecule has 1 amide bonds. The van der Waals surface area contributed by atoms with E-state index in [2.05, 4.69) is 22.2 Å². The predicted octanol–water partition coefficient (Wildman–Crippen LogP) is 6.20. The minimum absolute atomic E-state index is 0.0158. The van der Waals surface area contributed by atoms with E-state index in [-0.39, 0.29) is 11.9 Å². The molecule has 0 bridgehead atoms. The number of piperidine rings is 1. The lowest BCUT2D eigenvalue weighted by Gasteiger charge is -2.40. The summed E-state index contributed by atoms with van der Waals surface area (Å²) in [6.07, 6.45) is 5.60. The first kappa shape index (κ1) is 22.4. The zero-order valence-corrected chi connectivity index (χ0v) is 20.0. The quantitative estimate of drug-likeness (QED) is 0.372. The third-order valence-electron chi connectivity index (χ3n) is 6.57. The molecule has 5 rings (SSSR count). The maximum Gasteiger partial charge on any atom is 0.295 e. The number of hydrogen-bond acceptors (Lipinski definition) is 5. The molecule has 174 valence electrons. The average molecular weight is 475 g/mol. The number of carbonyl (C=O) groups excluding carboxylic acids is 1. The maximum atomic E-state index is 13.9. The number of pyridine rings is 1. The number of hydrogen-bond donors (Lipinski definition) is 1. The summed E-state index contributed by atoms with van der Waals surface area (Å²) in [6, 6.07) is 15.8. The van der Waals surface area contributed by atoms with E-state index in [0.29, 0.717) is 40.2 Å². The Labute approximate surface area is 204 Å². The van der Waals surface area contributed by atoms with Gasteiger partial charge in [0, 0.05) is 41.6 Å². The SMILES string of the molecule is Cc1ccc(-c2cccnc2)c(C(=O)N2CCCC(C)[C@H]2CNc2nc3cc(Cl)ccc3o2)c1. The monoisotopic (exact) mass is 474 g/mol. The Morgan fingerprint density at radius 3 is 2.94 bits per heavy atom. The van der Waals surface area contributed by atoms with Gasteiger partial charge in [0.2, 0.25) is 0 Å². The van der Waals surface area contributed by atoms with Crippen molar-refractivity contribution in [3.05, 3.63) is 77.1 Å². The molecule has 1 fully saturated rings. The van der Waals surface area contributed by atoms with Crippen LogP contribution in [0.1, 0.15) is 35.7 Å². The van der Waals surface area contributed by atoms with E-state index in [1.165, 1.54) is 0 Å². The molecule has 2 aromatic carbocycles. The van der Waals surface area contributed by atoms with Crippen molar-refractivity contribution in [2.24, 2.45) is 5.92 Å². The number of anilines is 1. The Bertz CT molecular complexity index is 1320. The van der Waals surface area contributed by atoms with E-state index in [9.17, 15) is 4.79 Å². The number of nitrogens with one attached hydrogen (secondary N) is 1. The van der Waals surface area contributed by atoms with Crippen molar-refractivity contribution in [1.82, 2.24) is 14.9 Å². The fourth-order valence-corrected chi connectivity index (χ4v) is 4.91. The van der Waals surface area contributed by atoms with E-state index < -0.39 is 0 Å². The zero-order chi connectivity index (χ0) is 23.7. The van der Waals surface area contributed by atoms with E-state index in [1.54, 1.807) is 24.5 Å². The van der Waals surface area contributed by atoms with Crippen LogP contribution in [-0.4, -0.2) is 39.9 Å². The summed E-state index contributed by atoms with van der Waals surface area (Å²) < 4.78 is 5.83. The largest absolute Gasteiger partial charge is 0.424 e. The number of aryl methyl sites for hydroxylation is 1. The third kappa shape index (κ3) is 4.50. The van der Waals surface area contributed by atoms with Gasteiger partial charge in [0.25, 0.3) is 11.9 Å². The number of nitrogens with zero attached hydrogens (tertiary/aromatic N) is 3. The minimum Gasteiger partial charge on any atom is -0.424 e. The smallest absolute Gasteiger partial charge is 0.295 e. The van der Waals surface area contributed by atoms with Crippen molar-refractivity contribution in [3.8, 4) is 11.1 Å². The molecule has 34 heavy (non-hydrogen) atoms. The van der Waals surface area contributed by atoms with Gasteiger partial charge in [-0.05, 0) is 61.6 Å². The van der Waals surface area contributed by atoms with Gasteiger partial charge < -0.3 is 14.6 Å². The van der Waals surface area contributed by atoms with E-state index >= 15 is 0 Å². The van der Waals surface area contributed by atoms with Gasteiger partial charge in [0.15, 0.2) is 5.58 Å². The summed E-state index contributed by atoms with van der Waals surface area (Å²) >= 11 is 6.08. The first-order valence-electron chi connectivity index (χ1n) is 11.6. The molecular weight excluding hydrogens is 448 g/mol. The molecule has 2 atom stereocenters. The lowest BCUT2D eigenvalue weighted by Crippen LogP contribution is -2.51. The number of fused-ring (bicyclic) bond motifs is 1. The molecule has 1 unspecified atom stereocenters. The normalized spacial score (nSPS) is 18.3. The second-order valence-electron chi connectivity index (χ2n) is 8.99.